The zero-order chi connectivity index (χ0) is 26.3. The number of primary amides is 1. The lowest BCUT2D eigenvalue weighted by Gasteiger charge is -2.14. The number of rotatable bonds is 7. The highest BCUT2D eigenvalue weighted by atomic mass is 19.3. The molecular formula is C24H20F2N8O3. The standard InChI is InChI=1S/C24H20F2N8O3/c1-12-3-8-21(31-30-12)37-14-4-7-19-16(10-28-33(19)11-14)17-6-5-15(13(2)35)24(29-17)34-20(22(25)26)9-18(32-34)23(27)36/h3-11,13,22,35H,1-2H3,(H2,27,36). The Balaban J connectivity index is 1.57. The van der Waals surface area contributed by atoms with E-state index in [1.54, 1.807) is 53.3 Å². The van der Waals surface area contributed by atoms with Crippen LogP contribution in [-0.2, 0) is 0 Å². The summed E-state index contributed by atoms with van der Waals surface area (Å²) in [4.78, 5) is 16.1. The van der Waals surface area contributed by atoms with Gasteiger partial charge in [0.05, 0.1) is 35.4 Å². The van der Waals surface area contributed by atoms with Gasteiger partial charge in [-0.05, 0) is 44.2 Å². The smallest absolute Gasteiger partial charge is 0.280 e. The van der Waals surface area contributed by atoms with Crippen LogP contribution in [0.5, 0.6) is 11.6 Å². The number of hydrogen-bond donors (Lipinski definition) is 2. The van der Waals surface area contributed by atoms with Gasteiger partial charge in [0.2, 0.25) is 5.88 Å². The number of aryl methyl sites for hydroxylation is 1. The number of carbonyl (C=O) groups is 1. The van der Waals surface area contributed by atoms with Crippen molar-refractivity contribution >= 4 is 11.4 Å². The van der Waals surface area contributed by atoms with Gasteiger partial charge in [0.1, 0.15) is 11.4 Å². The van der Waals surface area contributed by atoms with Crippen LogP contribution in [-0.4, -0.2) is 45.6 Å². The molecule has 13 heteroatoms. The second-order valence-corrected chi connectivity index (χ2v) is 8.18. The maximum atomic E-state index is 13.8. The van der Waals surface area contributed by atoms with Gasteiger partial charge >= 0.3 is 0 Å². The number of fused-ring (bicyclic) bond motifs is 1. The van der Waals surface area contributed by atoms with Gasteiger partial charge in [-0.25, -0.2) is 23.0 Å². The Hall–Kier alpha value is -4.78. The van der Waals surface area contributed by atoms with E-state index in [1.807, 2.05) is 6.92 Å². The third kappa shape index (κ3) is 4.59. The van der Waals surface area contributed by atoms with Crippen molar-refractivity contribution in [3.8, 4) is 28.7 Å². The van der Waals surface area contributed by atoms with E-state index >= 15 is 0 Å². The predicted molar refractivity (Wildman–Crippen MR) is 126 cm³/mol. The molecule has 0 aliphatic heterocycles. The SMILES string of the molecule is Cc1ccc(Oc2ccc3c(-c4ccc(C(C)O)c(-n5nc(C(N)=O)cc5C(F)F)n4)cnn3c2)nn1. The van der Waals surface area contributed by atoms with Crippen molar-refractivity contribution in [2.24, 2.45) is 5.73 Å². The molecule has 3 N–H and O–H groups in total. The molecule has 0 spiro atoms. The molecule has 0 aliphatic carbocycles. The summed E-state index contributed by atoms with van der Waals surface area (Å²) in [6.45, 7) is 3.29. The molecule has 1 unspecified atom stereocenters. The van der Waals surface area contributed by atoms with Crippen LogP contribution in [0.1, 0.15) is 46.9 Å². The van der Waals surface area contributed by atoms with Gasteiger partial charge < -0.3 is 15.6 Å². The quantitative estimate of drug-likeness (QED) is 0.341. The van der Waals surface area contributed by atoms with E-state index in [-0.39, 0.29) is 17.1 Å². The van der Waals surface area contributed by atoms with Crippen LogP contribution in [0.15, 0.2) is 54.9 Å². The summed E-state index contributed by atoms with van der Waals surface area (Å²) in [5.74, 6) is -0.238. The zero-order valence-corrected chi connectivity index (χ0v) is 19.6. The average Bonchev–Trinajstić information content (AvgIpc) is 3.50. The topological polar surface area (TPSA) is 146 Å². The minimum atomic E-state index is -2.97. The Morgan fingerprint density at radius 1 is 1.14 bits per heavy atom. The first-order chi connectivity index (χ1) is 17.7. The fourth-order valence-corrected chi connectivity index (χ4v) is 3.73. The fourth-order valence-electron chi connectivity index (χ4n) is 3.73. The molecule has 1 atom stereocenters. The normalized spacial score (nSPS) is 12.3. The molecule has 0 aliphatic rings. The van der Waals surface area contributed by atoms with Crippen molar-refractivity contribution in [1.29, 1.82) is 0 Å². The van der Waals surface area contributed by atoms with E-state index < -0.39 is 24.1 Å². The number of alkyl halides is 2. The van der Waals surface area contributed by atoms with Crippen molar-refractivity contribution in [3.63, 3.8) is 0 Å². The zero-order valence-electron chi connectivity index (χ0n) is 19.6. The predicted octanol–water partition coefficient (Wildman–Crippen LogP) is 3.56. The van der Waals surface area contributed by atoms with Gasteiger partial charge in [0.15, 0.2) is 11.5 Å². The molecular weight excluding hydrogens is 486 g/mol. The minimum Gasteiger partial charge on any atom is -0.436 e. The summed E-state index contributed by atoms with van der Waals surface area (Å²) in [7, 11) is 0. The molecule has 1 amide bonds. The molecule has 0 aromatic carbocycles. The lowest BCUT2D eigenvalue weighted by atomic mass is 10.1. The molecule has 0 radical (unpaired) electrons. The largest absolute Gasteiger partial charge is 0.436 e. The Morgan fingerprint density at radius 2 is 1.95 bits per heavy atom. The number of nitrogens with two attached hydrogens (primary N) is 1. The third-order valence-electron chi connectivity index (χ3n) is 5.53. The van der Waals surface area contributed by atoms with Crippen LogP contribution in [0.2, 0.25) is 0 Å². The summed E-state index contributed by atoms with van der Waals surface area (Å²) in [6, 6.07) is 11.0. The highest BCUT2D eigenvalue weighted by molar-refractivity contribution is 5.91. The monoisotopic (exact) mass is 506 g/mol. The Morgan fingerprint density at radius 3 is 2.62 bits per heavy atom. The van der Waals surface area contributed by atoms with Crippen molar-refractivity contribution < 1.29 is 23.4 Å². The highest BCUT2D eigenvalue weighted by Gasteiger charge is 2.24. The molecule has 5 aromatic rings. The first kappa shape index (κ1) is 23.9. The number of aromatic nitrogens is 7. The summed E-state index contributed by atoms with van der Waals surface area (Å²) in [5.41, 5.74) is 6.93. The van der Waals surface area contributed by atoms with Crippen molar-refractivity contribution in [1.82, 2.24) is 34.6 Å². The maximum absolute atomic E-state index is 13.8. The molecule has 0 bridgehead atoms. The summed E-state index contributed by atoms with van der Waals surface area (Å²) < 4.78 is 35.7. The number of aliphatic hydroxyl groups is 1. The Kier molecular flexibility index (Phi) is 6.05. The first-order valence-electron chi connectivity index (χ1n) is 11.0. The molecule has 188 valence electrons. The summed E-state index contributed by atoms with van der Waals surface area (Å²) >= 11 is 0. The van der Waals surface area contributed by atoms with Crippen LogP contribution in [0, 0.1) is 6.92 Å². The lowest BCUT2D eigenvalue weighted by molar-refractivity contribution is 0.0995. The van der Waals surface area contributed by atoms with Crippen molar-refractivity contribution in [2.45, 2.75) is 26.4 Å². The molecule has 37 heavy (non-hydrogen) atoms. The number of ether oxygens (including phenoxy) is 1. The highest BCUT2D eigenvalue weighted by Crippen LogP contribution is 2.31. The Labute approximate surface area is 208 Å². The second kappa shape index (κ2) is 9.35. The summed E-state index contributed by atoms with van der Waals surface area (Å²) in [5, 5.41) is 26.5. The second-order valence-electron chi connectivity index (χ2n) is 8.18. The third-order valence-corrected chi connectivity index (χ3v) is 5.53. The fraction of sp³-hybridized carbons (Fsp3) is 0.167. The first-order valence-corrected chi connectivity index (χ1v) is 11.0. The number of aliphatic hydroxyl groups excluding tert-OH is 1. The van der Waals surface area contributed by atoms with Gasteiger partial charge in [-0.3, -0.25) is 4.79 Å². The van der Waals surface area contributed by atoms with Crippen LogP contribution in [0.4, 0.5) is 8.78 Å². The van der Waals surface area contributed by atoms with Gasteiger partial charge in [0, 0.05) is 17.2 Å². The van der Waals surface area contributed by atoms with Gasteiger partial charge in [-0.1, -0.05) is 6.07 Å². The van der Waals surface area contributed by atoms with Crippen LogP contribution < -0.4 is 10.5 Å². The molecule has 5 rings (SSSR count). The number of halogens is 2. The van der Waals surface area contributed by atoms with Gasteiger partial charge in [-0.2, -0.15) is 15.3 Å². The number of hydrogen-bond acceptors (Lipinski definition) is 8. The number of nitrogens with zero attached hydrogens (tertiary/aromatic N) is 7. The van der Waals surface area contributed by atoms with E-state index in [2.05, 4.69) is 25.4 Å². The maximum Gasteiger partial charge on any atom is 0.280 e. The van der Waals surface area contributed by atoms with Crippen molar-refractivity contribution in [3.05, 3.63) is 77.5 Å². The molecule has 11 nitrogen and oxygen atoms in total. The Bertz CT molecular complexity index is 1610. The van der Waals surface area contributed by atoms with Gasteiger partial charge in [0.25, 0.3) is 12.3 Å². The summed E-state index contributed by atoms with van der Waals surface area (Å²) in [6.07, 6.45) is -0.823. The molecule has 0 saturated heterocycles. The van der Waals surface area contributed by atoms with E-state index in [4.69, 9.17) is 10.5 Å². The van der Waals surface area contributed by atoms with Crippen LogP contribution in [0.3, 0.4) is 0 Å². The van der Waals surface area contributed by atoms with E-state index in [0.29, 0.717) is 28.4 Å². The molecule has 5 aromatic heterocycles. The van der Waals surface area contributed by atoms with Crippen LogP contribution in [0.25, 0.3) is 22.6 Å². The number of carbonyl (C=O) groups excluding carboxylic acids is 1. The molecule has 0 fully saturated rings. The van der Waals surface area contributed by atoms with E-state index in [1.165, 1.54) is 6.92 Å². The van der Waals surface area contributed by atoms with E-state index in [9.17, 15) is 18.7 Å². The molecule has 0 saturated carbocycles. The number of pyridine rings is 2. The van der Waals surface area contributed by atoms with Crippen molar-refractivity contribution in [2.75, 3.05) is 0 Å². The van der Waals surface area contributed by atoms with Crippen LogP contribution >= 0.6 is 0 Å². The average molecular weight is 506 g/mol. The number of amides is 1. The van der Waals surface area contributed by atoms with Gasteiger partial charge in [-0.15, -0.1) is 5.10 Å². The van der Waals surface area contributed by atoms with E-state index in [0.717, 1.165) is 16.4 Å². The molecule has 5 heterocycles. The lowest BCUT2D eigenvalue weighted by Crippen LogP contribution is -2.14. The minimum absolute atomic E-state index is 0.0625.